The summed E-state index contributed by atoms with van der Waals surface area (Å²) in [6.45, 7) is 4.97. The van der Waals surface area contributed by atoms with Crippen molar-refractivity contribution in [2.45, 2.75) is 25.1 Å². The van der Waals surface area contributed by atoms with Gasteiger partial charge >= 0.3 is 0 Å². The highest BCUT2D eigenvalue weighted by Crippen LogP contribution is 2.13. The maximum atomic E-state index is 11.9. The van der Waals surface area contributed by atoms with Crippen LogP contribution in [-0.4, -0.2) is 24.4 Å². The average Bonchev–Trinajstić information content (AvgIpc) is 2.35. The molecule has 3 nitrogen and oxygen atoms in total. The summed E-state index contributed by atoms with van der Waals surface area (Å²) in [6, 6.07) is 7.10. The van der Waals surface area contributed by atoms with E-state index in [9.17, 15) is 4.79 Å². The van der Waals surface area contributed by atoms with Gasteiger partial charge in [0.1, 0.15) is 5.75 Å². The second-order valence-corrected chi connectivity index (χ2v) is 5.96. The van der Waals surface area contributed by atoms with E-state index in [1.165, 1.54) is 0 Å². The normalized spacial score (nSPS) is 12.3. The number of halogens is 1. The molecule has 0 radical (unpaired) electrons. The molecule has 18 heavy (non-hydrogen) atoms. The Hall–Kier alpha value is -1.03. The van der Waals surface area contributed by atoms with Gasteiger partial charge in [0, 0.05) is 16.9 Å². The van der Waals surface area contributed by atoms with E-state index in [4.69, 9.17) is 4.74 Å². The number of hydrogen-bond donors (Lipinski definition) is 1. The Bertz CT molecular complexity index is 376. The first-order chi connectivity index (χ1) is 8.52. The standard InChI is InChI=1S/C14H20BrNO2/c1-10(2)8-12(15)9-16-14(17)11-4-6-13(18-3)7-5-11/h4-7,10,12H,8-9H2,1-3H3,(H,16,17). The third-order valence-corrected chi connectivity index (χ3v) is 3.26. The van der Waals surface area contributed by atoms with E-state index in [0.29, 0.717) is 22.9 Å². The molecule has 0 aliphatic carbocycles. The van der Waals surface area contributed by atoms with Crippen LogP contribution < -0.4 is 10.1 Å². The first-order valence-electron chi connectivity index (χ1n) is 6.09. The van der Waals surface area contributed by atoms with Gasteiger partial charge in [0.2, 0.25) is 0 Å². The van der Waals surface area contributed by atoms with Crippen LogP contribution in [0, 0.1) is 5.92 Å². The molecule has 4 heteroatoms. The number of nitrogens with one attached hydrogen (secondary N) is 1. The highest BCUT2D eigenvalue weighted by atomic mass is 79.9. The number of methoxy groups -OCH3 is 1. The van der Waals surface area contributed by atoms with Crippen LogP contribution in [0.3, 0.4) is 0 Å². The monoisotopic (exact) mass is 313 g/mol. The second kappa shape index (κ2) is 7.41. The van der Waals surface area contributed by atoms with Crippen LogP contribution in [0.5, 0.6) is 5.75 Å². The van der Waals surface area contributed by atoms with Crippen molar-refractivity contribution < 1.29 is 9.53 Å². The number of hydrogen-bond acceptors (Lipinski definition) is 2. The Labute approximate surface area is 117 Å². The fraction of sp³-hybridized carbons (Fsp3) is 0.500. The van der Waals surface area contributed by atoms with Gasteiger partial charge in [-0.3, -0.25) is 4.79 Å². The van der Waals surface area contributed by atoms with Crippen LogP contribution in [0.15, 0.2) is 24.3 Å². The van der Waals surface area contributed by atoms with Gasteiger partial charge in [-0.25, -0.2) is 0 Å². The number of alkyl halides is 1. The van der Waals surface area contributed by atoms with Crippen LogP contribution >= 0.6 is 15.9 Å². The summed E-state index contributed by atoms with van der Waals surface area (Å²) in [5.74, 6) is 1.32. The quantitative estimate of drug-likeness (QED) is 0.819. The van der Waals surface area contributed by atoms with Crippen molar-refractivity contribution in [3.63, 3.8) is 0 Å². The lowest BCUT2D eigenvalue weighted by Gasteiger charge is -2.13. The summed E-state index contributed by atoms with van der Waals surface area (Å²) >= 11 is 3.57. The Balaban J connectivity index is 2.44. The van der Waals surface area contributed by atoms with Gasteiger partial charge < -0.3 is 10.1 Å². The number of amides is 1. The molecule has 1 rings (SSSR count). The van der Waals surface area contributed by atoms with Crippen LogP contribution in [-0.2, 0) is 0 Å². The zero-order valence-corrected chi connectivity index (χ0v) is 12.7. The molecule has 1 N–H and O–H groups in total. The Morgan fingerprint density at radius 2 is 1.94 bits per heavy atom. The molecule has 1 atom stereocenters. The third-order valence-electron chi connectivity index (χ3n) is 2.56. The summed E-state index contributed by atoms with van der Waals surface area (Å²) in [5.41, 5.74) is 0.653. The maximum absolute atomic E-state index is 11.9. The van der Waals surface area contributed by atoms with E-state index < -0.39 is 0 Å². The minimum absolute atomic E-state index is 0.0501. The number of carbonyl (C=O) groups is 1. The molecule has 0 fully saturated rings. The van der Waals surface area contributed by atoms with Crippen molar-refractivity contribution in [2.24, 2.45) is 5.92 Å². The minimum atomic E-state index is -0.0501. The van der Waals surface area contributed by atoms with Crippen molar-refractivity contribution in [3.05, 3.63) is 29.8 Å². The van der Waals surface area contributed by atoms with Crippen molar-refractivity contribution >= 4 is 21.8 Å². The zero-order chi connectivity index (χ0) is 13.5. The summed E-state index contributed by atoms with van der Waals surface area (Å²) in [6.07, 6.45) is 1.04. The summed E-state index contributed by atoms with van der Waals surface area (Å²) in [4.78, 5) is 12.2. The van der Waals surface area contributed by atoms with Gasteiger partial charge in [-0.1, -0.05) is 29.8 Å². The highest BCUT2D eigenvalue weighted by Gasteiger charge is 2.10. The molecule has 1 unspecified atom stereocenters. The lowest BCUT2D eigenvalue weighted by molar-refractivity contribution is 0.0953. The lowest BCUT2D eigenvalue weighted by Crippen LogP contribution is -2.30. The largest absolute Gasteiger partial charge is 0.497 e. The molecule has 1 aromatic rings. The van der Waals surface area contributed by atoms with E-state index in [1.54, 1.807) is 31.4 Å². The van der Waals surface area contributed by atoms with Gasteiger partial charge in [0.25, 0.3) is 5.91 Å². The number of benzene rings is 1. The molecule has 0 heterocycles. The van der Waals surface area contributed by atoms with Crippen LogP contribution in [0.25, 0.3) is 0 Å². The highest BCUT2D eigenvalue weighted by molar-refractivity contribution is 9.09. The predicted octanol–water partition coefficient (Wildman–Crippen LogP) is 3.23. The van der Waals surface area contributed by atoms with Gasteiger partial charge in [0.05, 0.1) is 7.11 Å². The van der Waals surface area contributed by atoms with Gasteiger partial charge in [-0.15, -0.1) is 0 Å². The van der Waals surface area contributed by atoms with E-state index >= 15 is 0 Å². The molecule has 0 saturated heterocycles. The maximum Gasteiger partial charge on any atom is 0.251 e. The molecule has 1 amide bonds. The second-order valence-electron chi connectivity index (χ2n) is 4.67. The fourth-order valence-electron chi connectivity index (χ4n) is 1.64. The summed E-state index contributed by atoms with van der Waals surface area (Å²) < 4.78 is 5.05. The number of rotatable bonds is 6. The molecule has 0 bridgehead atoms. The lowest BCUT2D eigenvalue weighted by atomic mass is 10.1. The van der Waals surface area contributed by atoms with Gasteiger partial charge in [0.15, 0.2) is 0 Å². The zero-order valence-electron chi connectivity index (χ0n) is 11.1. The van der Waals surface area contributed by atoms with Crippen molar-refractivity contribution in [2.75, 3.05) is 13.7 Å². The van der Waals surface area contributed by atoms with Crippen molar-refractivity contribution in [1.82, 2.24) is 5.32 Å². The van der Waals surface area contributed by atoms with E-state index in [2.05, 4.69) is 35.1 Å². The molecule has 0 aromatic heterocycles. The van der Waals surface area contributed by atoms with Crippen LogP contribution in [0.4, 0.5) is 0 Å². The Morgan fingerprint density at radius 1 is 1.33 bits per heavy atom. The molecule has 0 aliphatic heterocycles. The van der Waals surface area contributed by atoms with Crippen LogP contribution in [0.2, 0.25) is 0 Å². The first kappa shape index (κ1) is 15.0. The molecule has 0 saturated carbocycles. The van der Waals surface area contributed by atoms with Gasteiger partial charge in [-0.2, -0.15) is 0 Å². The van der Waals surface area contributed by atoms with E-state index in [1.807, 2.05) is 0 Å². The number of ether oxygens (including phenoxy) is 1. The van der Waals surface area contributed by atoms with Crippen LogP contribution in [0.1, 0.15) is 30.6 Å². The fourth-order valence-corrected chi connectivity index (χ4v) is 2.55. The molecule has 0 spiro atoms. The topological polar surface area (TPSA) is 38.3 Å². The summed E-state index contributed by atoms with van der Waals surface area (Å²) in [5, 5.41) is 2.91. The smallest absolute Gasteiger partial charge is 0.251 e. The average molecular weight is 314 g/mol. The first-order valence-corrected chi connectivity index (χ1v) is 7.00. The molecule has 0 aliphatic rings. The third kappa shape index (κ3) is 5.08. The number of carbonyl (C=O) groups excluding carboxylic acids is 1. The predicted molar refractivity (Wildman–Crippen MR) is 77.5 cm³/mol. The molecule has 1 aromatic carbocycles. The molecular weight excluding hydrogens is 294 g/mol. The Morgan fingerprint density at radius 3 is 2.44 bits per heavy atom. The van der Waals surface area contributed by atoms with E-state index in [-0.39, 0.29) is 5.91 Å². The van der Waals surface area contributed by atoms with E-state index in [0.717, 1.165) is 12.2 Å². The molecular formula is C14H20BrNO2. The minimum Gasteiger partial charge on any atom is -0.497 e. The Kier molecular flexibility index (Phi) is 6.19. The summed E-state index contributed by atoms with van der Waals surface area (Å²) in [7, 11) is 1.61. The van der Waals surface area contributed by atoms with Gasteiger partial charge in [-0.05, 0) is 36.6 Å². The van der Waals surface area contributed by atoms with Crippen molar-refractivity contribution in [1.29, 1.82) is 0 Å². The SMILES string of the molecule is COc1ccc(C(=O)NCC(Br)CC(C)C)cc1. The molecule has 100 valence electrons. The van der Waals surface area contributed by atoms with Crippen molar-refractivity contribution in [3.8, 4) is 5.75 Å².